The number of hydrogen-bond acceptors (Lipinski definition) is 5. The van der Waals surface area contributed by atoms with Gasteiger partial charge in [0.15, 0.2) is 11.5 Å². The summed E-state index contributed by atoms with van der Waals surface area (Å²) in [6.07, 6.45) is 2.78. The van der Waals surface area contributed by atoms with Crippen molar-refractivity contribution in [3.8, 4) is 11.5 Å². The average Bonchev–Trinajstić information content (AvgIpc) is 2.93. The van der Waals surface area contributed by atoms with E-state index in [-0.39, 0.29) is 11.9 Å². The molecule has 0 bridgehead atoms. The van der Waals surface area contributed by atoms with E-state index < -0.39 is 11.7 Å². The van der Waals surface area contributed by atoms with E-state index in [0.29, 0.717) is 23.6 Å². The van der Waals surface area contributed by atoms with Gasteiger partial charge in [-0.2, -0.15) is 0 Å². The van der Waals surface area contributed by atoms with Crippen LogP contribution in [0.1, 0.15) is 60.6 Å². The second-order valence-corrected chi connectivity index (χ2v) is 11.5. The molecule has 1 saturated heterocycles. The van der Waals surface area contributed by atoms with Gasteiger partial charge in [-0.3, -0.25) is 9.69 Å². The van der Waals surface area contributed by atoms with Crippen molar-refractivity contribution >= 4 is 27.5 Å². The first kappa shape index (κ1) is 26.7. The van der Waals surface area contributed by atoms with Crippen LogP contribution in [0, 0.1) is 0 Å². The third kappa shape index (κ3) is 5.20. The Morgan fingerprint density at radius 1 is 1.08 bits per heavy atom. The standard InChI is InChI=1S/C31H35BrN2O4/c1-31(2)29(35)26(33-17-8-5-9-18-33)25-16-15-22(27(37-3)28(25)38-31)20-34(24-14-10-13-23(32)19-24)30(36)21-11-6-4-7-12-21/h4,6-7,10-16,19,26,29,35H,5,8-9,17-18,20H2,1-3H3/t26-,29+/m0/s1. The molecule has 7 heteroatoms. The number of benzene rings is 3. The molecule has 1 N–H and O–H groups in total. The van der Waals surface area contributed by atoms with Gasteiger partial charge < -0.3 is 19.5 Å². The second kappa shape index (κ2) is 11.1. The molecule has 3 aromatic carbocycles. The fraction of sp³-hybridized carbons (Fsp3) is 0.387. The van der Waals surface area contributed by atoms with Crippen molar-refractivity contribution in [1.29, 1.82) is 0 Å². The lowest BCUT2D eigenvalue weighted by atomic mass is 9.84. The molecule has 3 aromatic rings. The number of aliphatic hydroxyl groups excluding tert-OH is 1. The molecule has 1 fully saturated rings. The largest absolute Gasteiger partial charge is 0.492 e. The maximum atomic E-state index is 13.8. The summed E-state index contributed by atoms with van der Waals surface area (Å²) >= 11 is 3.55. The summed E-state index contributed by atoms with van der Waals surface area (Å²) in [5.74, 6) is 1.15. The zero-order chi connectivity index (χ0) is 26.9. The van der Waals surface area contributed by atoms with Crippen molar-refractivity contribution in [3.63, 3.8) is 0 Å². The van der Waals surface area contributed by atoms with Crippen molar-refractivity contribution in [2.45, 2.75) is 57.4 Å². The Kier molecular flexibility index (Phi) is 7.80. The van der Waals surface area contributed by atoms with Crippen LogP contribution in [0.5, 0.6) is 11.5 Å². The number of carbonyl (C=O) groups is 1. The van der Waals surface area contributed by atoms with E-state index in [2.05, 4.69) is 20.8 Å². The first-order valence-electron chi connectivity index (χ1n) is 13.2. The fourth-order valence-corrected chi connectivity index (χ4v) is 5.99. The van der Waals surface area contributed by atoms with Gasteiger partial charge in [-0.05, 0) is 70.1 Å². The topological polar surface area (TPSA) is 62.2 Å². The summed E-state index contributed by atoms with van der Waals surface area (Å²) in [5.41, 5.74) is 2.35. The molecule has 0 aromatic heterocycles. The molecule has 0 saturated carbocycles. The van der Waals surface area contributed by atoms with Gasteiger partial charge >= 0.3 is 0 Å². The van der Waals surface area contributed by atoms with Crippen molar-refractivity contribution in [2.75, 3.05) is 25.1 Å². The maximum absolute atomic E-state index is 13.8. The van der Waals surface area contributed by atoms with E-state index in [4.69, 9.17) is 9.47 Å². The lowest BCUT2D eigenvalue weighted by molar-refractivity contribution is -0.0971. The minimum Gasteiger partial charge on any atom is -0.492 e. The molecular formula is C31H35BrN2O4. The number of halogens is 1. The Hall–Kier alpha value is -2.87. The molecule has 0 aliphatic carbocycles. The zero-order valence-corrected chi connectivity index (χ0v) is 23.8. The molecule has 0 spiro atoms. The van der Waals surface area contributed by atoms with Crippen molar-refractivity contribution in [1.82, 2.24) is 4.90 Å². The lowest BCUT2D eigenvalue weighted by Gasteiger charge is -2.47. The van der Waals surface area contributed by atoms with Gasteiger partial charge in [-0.25, -0.2) is 0 Å². The number of hydrogen-bond donors (Lipinski definition) is 1. The van der Waals surface area contributed by atoms with Gasteiger partial charge in [0.2, 0.25) is 0 Å². The number of piperidine rings is 1. The summed E-state index contributed by atoms with van der Waals surface area (Å²) in [7, 11) is 1.64. The van der Waals surface area contributed by atoms with Gasteiger partial charge in [0, 0.05) is 26.9 Å². The normalized spacial score (nSPS) is 20.8. The van der Waals surface area contributed by atoms with E-state index in [1.165, 1.54) is 6.42 Å². The number of amides is 1. The summed E-state index contributed by atoms with van der Waals surface area (Å²) in [6, 6.07) is 20.9. The molecule has 0 unspecified atom stereocenters. The number of fused-ring (bicyclic) bond motifs is 1. The Morgan fingerprint density at radius 2 is 1.82 bits per heavy atom. The fourth-order valence-electron chi connectivity index (χ4n) is 5.60. The van der Waals surface area contributed by atoms with E-state index in [0.717, 1.165) is 47.2 Å². The molecule has 0 radical (unpaired) electrons. The van der Waals surface area contributed by atoms with E-state index in [1.54, 1.807) is 12.0 Å². The van der Waals surface area contributed by atoms with Crippen LogP contribution >= 0.6 is 15.9 Å². The molecule has 2 aliphatic rings. The van der Waals surface area contributed by atoms with Crippen LogP contribution in [0.25, 0.3) is 0 Å². The summed E-state index contributed by atoms with van der Waals surface area (Å²) in [5, 5.41) is 11.4. The quantitative estimate of drug-likeness (QED) is 0.368. The van der Waals surface area contributed by atoms with E-state index in [1.807, 2.05) is 80.6 Å². The van der Waals surface area contributed by atoms with Crippen LogP contribution in [0.15, 0.2) is 71.2 Å². The third-order valence-electron chi connectivity index (χ3n) is 7.62. The monoisotopic (exact) mass is 578 g/mol. The molecule has 2 heterocycles. The first-order chi connectivity index (χ1) is 18.3. The van der Waals surface area contributed by atoms with Gasteiger partial charge in [0.1, 0.15) is 11.7 Å². The van der Waals surface area contributed by atoms with Gasteiger partial charge in [-0.15, -0.1) is 0 Å². The minimum absolute atomic E-state index is 0.105. The number of aliphatic hydroxyl groups is 1. The molecule has 2 atom stereocenters. The van der Waals surface area contributed by atoms with Crippen molar-refractivity contribution in [3.05, 3.63) is 87.9 Å². The van der Waals surface area contributed by atoms with Crippen LogP contribution in [-0.4, -0.2) is 47.8 Å². The second-order valence-electron chi connectivity index (χ2n) is 10.6. The number of nitrogens with zero attached hydrogens (tertiary/aromatic N) is 2. The smallest absolute Gasteiger partial charge is 0.258 e. The van der Waals surface area contributed by atoms with Gasteiger partial charge in [-0.1, -0.05) is 58.7 Å². The Balaban J connectivity index is 1.58. The Morgan fingerprint density at radius 3 is 2.50 bits per heavy atom. The van der Waals surface area contributed by atoms with Crippen LogP contribution < -0.4 is 14.4 Å². The van der Waals surface area contributed by atoms with Crippen LogP contribution in [0.2, 0.25) is 0 Å². The zero-order valence-electron chi connectivity index (χ0n) is 22.2. The lowest BCUT2D eigenvalue weighted by Crippen LogP contribution is -2.54. The SMILES string of the molecule is COc1c(CN(C(=O)c2ccccc2)c2cccc(Br)c2)ccc2c1OC(C)(C)[C@H](O)[C@H]2N1CCCCC1. The van der Waals surface area contributed by atoms with Crippen LogP contribution in [0.4, 0.5) is 5.69 Å². The molecule has 200 valence electrons. The van der Waals surface area contributed by atoms with Gasteiger partial charge in [0.25, 0.3) is 5.91 Å². The molecule has 2 aliphatic heterocycles. The number of methoxy groups -OCH3 is 1. The van der Waals surface area contributed by atoms with E-state index in [9.17, 15) is 9.90 Å². The highest BCUT2D eigenvalue weighted by Crippen LogP contribution is 2.49. The predicted molar refractivity (Wildman–Crippen MR) is 153 cm³/mol. The Bertz CT molecular complexity index is 1290. The highest BCUT2D eigenvalue weighted by molar-refractivity contribution is 9.10. The van der Waals surface area contributed by atoms with Gasteiger partial charge in [0.05, 0.1) is 19.7 Å². The average molecular weight is 580 g/mol. The van der Waals surface area contributed by atoms with Crippen molar-refractivity contribution < 1.29 is 19.4 Å². The first-order valence-corrected chi connectivity index (χ1v) is 14.0. The summed E-state index contributed by atoms with van der Waals surface area (Å²) in [6.45, 7) is 6.04. The third-order valence-corrected chi connectivity index (χ3v) is 8.11. The summed E-state index contributed by atoms with van der Waals surface area (Å²) in [4.78, 5) is 17.9. The molecule has 1 amide bonds. The molecule has 6 nitrogen and oxygen atoms in total. The van der Waals surface area contributed by atoms with Crippen LogP contribution in [0.3, 0.4) is 0 Å². The predicted octanol–water partition coefficient (Wildman–Crippen LogP) is 6.36. The molecule has 5 rings (SSSR count). The minimum atomic E-state index is -0.801. The van der Waals surface area contributed by atoms with Crippen LogP contribution in [-0.2, 0) is 6.54 Å². The molecule has 38 heavy (non-hydrogen) atoms. The van der Waals surface area contributed by atoms with E-state index >= 15 is 0 Å². The number of rotatable bonds is 6. The number of carbonyl (C=O) groups excluding carboxylic acids is 1. The van der Waals surface area contributed by atoms with Crippen molar-refractivity contribution in [2.24, 2.45) is 0 Å². The molecular weight excluding hydrogens is 544 g/mol. The highest BCUT2D eigenvalue weighted by atomic mass is 79.9. The Labute approximate surface area is 233 Å². The number of likely N-dealkylation sites (tertiary alicyclic amines) is 1. The number of ether oxygens (including phenoxy) is 2. The highest BCUT2D eigenvalue weighted by Gasteiger charge is 2.47. The summed E-state index contributed by atoms with van der Waals surface area (Å²) < 4.78 is 13.3. The maximum Gasteiger partial charge on any atom is 0.258 e. The number of anilines is 1.